The number of sulfonamides is 1. The lowest BCUT2D eigenvalue weighted by atomic mass is 10.2. The lowest BCUT2D eigenvalue weighted by Crippen LogP contribution is -2.12. The van der Waals surface area contributed by atoms with Crippen LogP contribution in [0.3, 0.4) is 0 Å². The van der Waals surface area contributed by atoms with Crippen LogP contribution < -0.4 is 10.0 Å². The van der Waals surface area contributed by atoms with E-state index in [1.807, 2.05) is 6.07 Å². The third-order valence-electron chi connectivity index (χ3n) is 2.19. The summed E-state index contributed by atoms with van der Waals surface area (Å²) < 4.78 is 26.2. The van der Waals surface area contributed by atoms with Crippen LogP contribution in [0.2, 0.25) is 0 Å². The molecule has 2 aromatic rings. The predicted molar refractivity (Wildman–Crippen MR) is 76.2 cm³/mol. The van der Waals surface area contributed by atoms with E-state index in [0.29, 0.717) is 11.3 Å². The van der Waals surface area contributed by atoms with E-state index >= 15 is 0 Å². The summed E-state index contributed by atoms with van der Waals surface area (Å²) in [5.74, 6) is -0.366. The Bertz CT molecular complexity index is 805. The molecule has 108 valence electrons. The van der Waals surface area contributed by atoms with Crippen LogP contribution in [-0.4, -0.2) is 24.5 Å². The molecule has 2 rings (SSSR count). The molecule has 8 nitrogen and oxygen atoms in total. The first-order chi connectivity index (χ1) is 9.90. The molecule has 0 fully saturated rings. The van der Waals surface area contributed by atoms with Gasteiger partial charge in [0.25, 0.3) is 14.4 Å². The van der Waals surface area contributed by atoms with Crippen LogP contribution in [-0.2, 0) is 14.8 Å². The Hall–Kier alpha value is -2.51. The summed E-state index contributed by atoms with van der Waals surface area (Å²) in [6.45, 7) is 1.28. The van der Waals surface area contributed by atoms with Crippen molar-refractivity contribution < 1.29 is 13.2 Å². The van der Waals surface area contributed by atoms with Gasteiger partial charge in [-0.3, -0.25) is 9.52 Å². The highest BCUT2D eigenvalue weighted by atomic mass is 32.2. The number of anilines is 2. The van der Waals surface area contributed by atoms with Gasteiger partial charge in [-0.15, -0.1) is 10.2 Å². The lowest BCUT2D eigenvalue weighted by molar-refractivity contribution is -0.114. The van der Waals surface area contributed by atoms with Crippen molar-refractivity contribution >= 4 is 38.1 Å². The maximum Gasteiger partial charge on any atom is 0.291 e. The summed E-state index contributed by atoms with van der Waals surface area (Å²) in [4.78, 5) is 10.9. The summed E-state index contributed by atoms with van der Waals surface area (Å²) >= 11 is 0.738. The number of benzene rings is 1. The number of nitriles is 1. The third kappa shape index (κ3) is 3.74. The largest absolute Gasteiger partial charge is 0.301 e. The van der Waals surface area contributed by atoms with Gasteiger partial charge in [-0.2, -0.15) is 13.7 Å². The monoisotopic (exact) mass is 323 g/mol. The van der Waals surface area contributed by atoms with Gasteiger partial charge in [0.1, 0.15) is 0 Å². The number of rotatable bonds is 4. The molecule has 10 heteroatoms. The molecule has 0 aliphatic carbocycles. The normalized spacial score (nSPS) is 10.7. The second-order valence-corrected chi connectivity index (χ2v) is 6.68. The van der Waals surface area contributed by atoms with Crippen molar-refractivity contribution in [2.75, 3.05) is 10.0 Å². The Morgan fingerprint density at radius 1 is 1.29 bits per heavy atom. The summed E-state index contributed by atoms with van der Waals surface area (Å²) in [5, 5.41) is 18.2. The minimum absolute atomic E-state index is 0.0997. The number of nitrogens with one attached hydrogen (secondary N) is 2. The molecule has 0 aliphatic heterocycles. The van der Waals surface area contributed by atoms with E-state index < -0.39 is 10.0 Å². The molecule has 1 aromatic heterocycles. The molecule has 2 N–H and O–H groups in total. The van der Waals surface area contributed by atoms with Crippen LogP contribution in [0.25, 0.3) is 0 Å². The van der Waals surface area contributed by atoms with E-state index in [1.54, 1.807) is 0 Å². The molecule has 21 heavy (non-hydrogen) atoms. The summed E-state index contributed by atoms with van der Waals surface area (Å²) in [6.07, 6.45) is 0. The number of amides is 1. The first kappa shape index (κ1) is 14.9. The van der Waals surface area contributed by atoms with E-state index in [9.17, 15) is 13.2 Å². The van der Waals surface area contributed by atoms with E-state index in [2.05, 4.69) is 20.2 Å². The standard InChI is InChI=1S/C11H9N5O3S2/c1-7(17)13-10-14-15-11(20-10)21(18,19)16-9-4-2-8(6-12)3-5-9/h2-5,16H,1H3,(H,13,14,17). The van der Waals surface area contributed by atoms with Crippen molar-refractivity contribution in [3.63, 3.8) is 0 Å². The van der Waals surface area contributed by atoms with Gasteiger partial charge in [0, 0.05) is 12.6 Å². The van der Waals surface area contributed by atoms with Crippen molar-refractivity contribution in [3.05, 3.63) is 29.8 Å². The van der Waals surface area contributed by atoms with Gasteiger partial charge in [0.15, 0.2) is 0 Å². The van der Waals surface area contributed by atoms with Crippen molar-refractivity contribution in [2.24, 2.45) is 0 Å². The zero-order valence-electron chi connectivity index (χ0n) is 10.7. The highest BCUT2D eigenvalue weighted by Gasteiger charge is 2.20. The zero-order valence-corrected chi connectivity index (χ0v) is 12.3. The van der Waals surface area contributed by atoms with Crippen molar-refractivity contribution in [2.45, 2.75) is 11.3 Å². The van der Waals surface area contributed by atoms with Crippen LogP contribution >= 0.6 is 11.3 Å². The van der Waals surface area contributed by atoms with Crippen LogP contribution in [0.15, 0.2) is 28.6 Å². The van der Waals surface area contributed by atoms with Crippen LogP contribution in [0.5, 0.6) is 0 Å². The SMILES string of the molecule is CC(=O)Nc1nnc(S(=O)(=O)Nc2ccc(C#N)cc2)s1. The highest BCUT2D eigenvalue weighted by Crippen LogP contribution is 2.22. The van der Waals surface area contributed by atoms with E-state index in [0.717, 1.165) is 11.3 Å². The molecule has 1 heterocycles. The fourth-order valence-electron chi connectivity index (χ4n) is 1.33. The predicted octanol–water partition coefficient (Wildman–Crippen LogP) is 1.17. The molecule has 0 saturated heterocycles. The summed E-state index contributed by atoms with van der Waals surface area (Å²) in [7, 11) is -3.89. The average molecular weight is 323 g/mol. The maximum absolute atomic E-state index is 12.1. The molecule has 1 aromatic carbocycles. The second kappa shape index (κ2) is 5.86. The number of carbonyl (C=O) groups is 1. The number of hydrogen-bond donors (Lipinski definition) is 2. The lowest BCUT2D eigenvalue weighted by Gasteiger charge is -2.04. The van der Waals surface area contributed by atoms with Crippen LogP contribution in [0, 0.1) is 11.3 Å². The Balaban J connectivity index is 2.19. The molecular weight excluding hydrogens is 314 g/mol. The molecule has 0 bridgehead atoms. The molecule has 0 unspecified atom stereocenters. The number of hydrogen-bond acceptors (Lipinski definition) is 7. The molecule has 0 aliphatic rings. The Morgan fingerprint density at radius 2 is 1.95 bits per heavy atom. The van der Waals surface area contributed by atoms with Crippen molar-refractivity contribution in [1.82, 2.24) is 10.2 Å². The third-order valence-corrected chi connectivity index (χ3v) is 4.77. The van der Waals surface area contributed by atoms with Gasteiger partial charge in [-0.25, -0.2) is 0 Å². The molecule has 0 saturated carbocycles. The van der Waals surface area contributed by atoms with Crippen molar-refractivity contribution in [3.8, 4) is 6.07 Å². The minimum Gasteiger partial charge on any atom is -0.301 e. The fraction of sp³-hybridized carbons (Fsp3) is 0.0909. The maximum atomic E-state index is 12.1. The van der Waals surface area contributed by atoms with E-state index in [4.69, 9.17) is 5.26 Å². The first-order valence-corrected chi connectivity index (χ1v) is 7.85. The van der Waals surface area contributed by atoms with Crippen molar-refractivity contribution in [1.29, 1.82) is 5.26 Å². The van der Waals surface area contributed by atoms with Gasteiger partial charge >= 0.3 is 0 Å². The zero-order chi connectivity index (χ0) is 15.5. The summed E-state index contributed by atoms with van der Waals surface area (Å²) in [5.41, 5.74) is 0.715. The molecule has 0 radical (unpaired) electrons. The Kier molecular flexibility index (Phi) is 4.15. The minimum atomic E-state index is -3.89. The summed E-state index contributed by atoms with van der Waals surface area (Å²) in [6, 6.07) is 7.83. The van der Waals surface area contributed by atoms with Crippen LogP contribution in [0.1, 0.15) is 12.5 Å². The van der Waals surface area contributed by atoms with Gasteiger partial charge in [-0.1, -0.05) is 11.3 Å². The average Bonchev–Trinajstić information content (AvgIpc) is 2.88. The molecule has 1 amide bonds. The molecule has 0 atom stereocenters. The first-order valence-electron chi connectivity index (χ1n) is 5.55. The van der Waals surface area contributed by atoms with E-state index in [-0.39, 0.29) is 15.4 Å². The number of aromatic nitrogens is 2. The molecule has 0 spiro atoms. The van der Waals surface area contributed by atoms with Gasteiger partial charge < -0.3 is 5.32 Å². The topological polar surface area (TPSA) is 125 Å². The molecular formula is C11H9N5O3S2. The van der Waals surface area contributed by atoms with Gasteiger partial charge in [0.05, 0.1) is 11.6 Å². The number of nitrogens with zero attached hydrogens (tertiary/aromatic N) is 3. The Morgan fingerprint density at radius 3 is 2.52 bits per heavy atom. The van der Waals surface area contributed by atoms with E-state index in [1.165, 1.54) is 31.2 Å². The fourth-order valence-corrected chi connectivity index (χ4v) is 3.34. The van der Waals surface area contributed by atoms with Gasteiger partial charge in [-0.05, 0) is 24.3 Å². The highest BCUT2D eigenvalue weighted by molar-refractivity contribution is 7.94. The smallest absolute Gasteiger partial charge is 0.291 e. The number of carbonyl (C=O) groups excluding carboxylic acids is 1. The Labute approximate surface area is 124 Å². The van der Waals surface area contributed by atoms with Crippen LogP contribution in [0.4, 0.5) is 10.8 Å². The second-order valence-electron chi connectivity index (χ2n) is 3.85. The quantitative estimate of drug-likeness (QED) is 0.814. The van der Waals surface area contributed by atoms with Gasteiger partial charge in [0.2, 0.25) is 11.0 Å².